The summed E-state index contributed by atoms with van der Waals surface area (Å²) in [5, 5.41) is 2.13. The van der Waals surface area contributed by atoms with E-state index in [0.717, 1.165) is 79.8 Å². The van der Waals surface area contributed by atoms with E-state index in [0.29, 0.717) is 12.5 Å². The van der Waals surface area contributed by atoms with Gasteiger partial charge >= 0.3 is 0 Å². The molecule has 1 aromatic carbocycles. The normalized spacial score (nSPS) is 18.8. The number of rotatable bonds is 4. The van der Waals surface area contributed by atoms with Crippen LogP contribution in [0.25, 0.3) is 22.0 Å². The molecule has 0 N–H and O–H groups in total. The highest BCUT2D eigenvalue weighted by Crippen LogP contribution is 2.23. The predicted molar refractivity (Wildman–Crippen MR) is 125 cm³/mol. The summed E-state index contributed by atoms with van der Waals surface area (Å²) >= 11 is 0. The molecule has 32 heavy (non-hydrogen) atoms. The van der Waals surface area contributed by atoms with Gasteiger partial charge in [-0.2, -0.15) is 0 Å². The van der Waals surface area contributed by atoms with Crippen molar-refractivity contribution in [2.75, 3.05) is 46.3 Å². The van der Waals surface area contributed by atoms with E-state index in [4.69, 9.17) is 0 Å². The molecule has 1 amide bonds. The maximum atomic E-state index is 13.0. The second-order valence-corrected chi connectivity index (χ2v) is 8.96. The Morgan fingerprint density at radius 3 is 2.50 bits per heavy atom. The lowest BCUT2D eigenvalue weighted by atomic mass is 10.0. The Balaban J connectivity index is 1.22. The molecule has 0 saturated carbocycles. The van der Waals surface area contributed by atoms with E-state index in [1.165, 1.54) is 0 Å². The van der Waals surface area contributed by atoms with Gasteiger partial charge in [0.2, 0.25) is 5.91 Å². The SMILES string of the molecule is CN1CCN(C2CCN(C(=O)Cc3cc4cc(-c5cnccn5)ccc4cn3)CC2)CC1. The van der Waals surface area contributed by atoms with Crippen LogP contribution in [0.1, 0.15) is 18.5 Å². The number of likely N-dealkylation sites (N-methyl/N-ethyl adjacent to an activating group) is 1. The highest BCUT2D eigenvalue weighted by atomic mass is 16.2. The summed E-state index contributed by atoms with van der Waals surface area (Å²) in [5.74, 6) is 0.179. The van der Waals surface area contributed by atoms with Gasteiger partial charge in [0.1, 0.15) is 0 Å². The lowest BCUT2D eigenvalue weighted by Crippen LogP contribution is -2.53. The second kappa shape index (κ2) is 9.30. The molecule has 0 aliphatic carbocycles. The minimum absolute atomic E-state index is 0.179. The zero-order valence-electron chi connectivity index (χ0n) is 18.7. The average Bonchev–Trinajstić information content (AvgIpc) is 2.85. The number of aromatic nitrogens is 3. The van der Waals surface area contributed by atoms with Gasteiger partial charge in [0.25, 0.3) is 0 Å². The van der Waals surface area contributed by atoms with Gasteiger partial charge < -0.3 is 9.80 Å². The molecule has 5 rings (SSSR count). The van der Waals surface area contributed by atoms with Crippen molar-refractivity contribution >= 4 is 16.7 Å². The first-order valence-corrected chi connectivity index (χ1v) is 11.5. The van der Waals surface area contributed by atoms with Crippen LogP contribution in [-0.2, 0) is 11.2 Å². The highest BCUT2D eigenvalue weighted by molar-refractivity contribution is 5.87. The standard InChI is InChI=1S/C25H30N6O/c1-29-10-12-30(13-11-29)23-4-8-31(9-5-23)25(32)16-22-15-21-14-19(2-3-20(21)17-28-22)24-18-26-6-7-27-24/h2-3,6-7,14-15,17-18,23H,4-5,8-13,16H2,1H3. The molecule has 166 valence electrons. The monoisotopic (exact) mass is 430 g/mol. The number of pyridine rings is 1. The third-order valence-electron chi connectivity index (χ3n) is 6.84. The van der Waals surface area contributed by atoms with Gasteiger partial charge in [-0.05, 0) is 37.4 Å². The van der Waals surface area contributed by atoms with Crippen LogP contribution in [0.15, 0.2) is 49.1 Å². The summed E-state index contributed by atoms with van der Waals surface area (Å²) in [5.41, 5.74) is 2.67. The number of piperidine rings is 1. The Morgan fingerprint density at radius 1 is 0.938 bits per heavy atom. The molecule has 0 radical (unpaired) electrons. The Labute approximate surface area is 189 Å². The highest BCUT2D eigenvalue weighted by Gasteiger charge is 2.28. The predicted octanol–water partition coefficient (Wildman–Crippen LogP) is 2.47. The van der Waals surface area contributed by atoms with Gasteiger partial charge in [0.15, 0.2) is 0 Å². The van der Waals surface area contributed by atoms with Crippen LogP contribution in [0, 0.1) is 0 Å². The van der Waals surface area contributed by atoms with Gasteiger partial charge in [-0.1, -0.05) is 12.1 Å². The minimum atomic E-state index is 0.179. The number of carbonyl (C=O) groups is 1. The third kappa shape index (κ3) is 4.64. The van der Waals surface area contributed by atoms with Crippen molar-refractivity contribution in [2.24, 2.45) is 0 Å². The third-order valence-corrected chi connectivity index (χ3v) is 6.84. The van der Waals surface area contributed by atoms with E-state index in [1.807, 2.05) is 29.3 Å². The van der Waals surface area contributed by atoms with Crippen LogP contribution >= 0.6 is 0 Å². The molecule has 0 atom stereocenters. The summed E-state index contributed by atoms with van der Waals surface area (Å²) in [7, 11) is 2.19. The van der Waals surface area contributed by atoms with Crippen molar-refractivity contribution in [3.63, 3.8) is 0 Å². The first-order valence-electron chi connectivity index (χ1n) is 11.5. The lowest BCUT2D eigenvalue weighted by Gasteiger charge is -2.42. The molecule has 0 bridgehead atoms. The van der Waals surface area contributed by atoms with Crippen molar-refractivity contribution in [3.05, 3.63) is 54.7 Å². The number of amides is 1. The van der Waals surface area contributed by atoms with Gasteiger partial charge in [0, 0.05) is 74.9 Å². The molecule has 2 aliphatic heterocycles. The summed E-state index contributed by atoms with van der Waals surface area (Å²) in [6, 6.07) is 8.82. The average molecular weight is 431 g/mol. The summed E-state index contributed by atoms with van der Waals surface area (Å²) < 4.78 is 0. The van der Waals surface area contributed by atoms with Crippen LogP contribution in [0.5, 0.6) is 0 Å². The van der Waals surface area contributed by atoms with Crippen molar-refractivity contribution < 1.29 is 4.79 Å². The van der Waals surface area contributed by atoms with Gasteiger partial charge in [-0.3, -0.25) is 24.6 Å². The largest absolute Gasteiger partial charge is 0.342 e. The molecule has 0 spiro atoms. The summed E-state index contributed by atoms with van der Waals surface area (Å²) in [4.78, 5) is 33.1. The van der Waals surface area contributed by atoms with E-state index in [1.54, 1.807) is 18.6 Å². The van der Waals surface area contributed by atoms with Crippen LogP contribution < -0.4 is 0 Å². The van der Waals surface area contributed by atoms with Gasteiger partial charge in [0.05, 0.1) is 24.0 Å². The Morgan fingerprint density at radius 2 is 1.75 bits per heavy atom. The fourth-order valence-electron chi connectivity index (χ4n) is 4.82. The summed E-state index contributed by atoms with van der Waals surface area (Å²) in [6.07, 6.45) is 9.49. The second-order valence-electron chi connectivity index (χ2n) is 8.96. The molecule has 7 heteroatoms. The number of nitrogens with zero attached hydrogens (tertiary/aromatic N) is 6. The smallest absolute Gasteiger partial charge is 0.228 e. The topological polar surface area (TPSA) is 65.5 Å². The number of piperazine rings is 1. The zero-order chi connectivity index (χ0) is 21.9. The number of hydrogen-bond acceptors (Lipinski definition) is 6. The molecule has 2 saturated heterocycles. The lowest BCUT2D eigenvalue weighted by molar-refractivity contribution is -0.132. The molecule has 7 nitrogen and oxygen atoms in total. The van der Waals surface area contributed by atoms with Crippen LogP contribution in [-0.4, -0.2) is 87.9 Å². The first-order chi connectivity index (χ1) is 15.7. The number of hydrogen-bond donors (Lipinski definition) is 0. The Bertz CT molecular complexity index is 1070. The quantitative estimate of drug-likeness (QED) is 0.634. The van der Waals surface area contributed by atoms with Crippen LogP contribution in [0.2, 0.25) is 0 Å². The van der Waals surface area contributed by atoms with Gasteiger partial charge in [-0.25, -0.2) is 0 Å². The van der Waals surface area contributed by atoms with Crippen LogP contribution in [0.4, 0.5) is 0 Å². The molecule has 3 aromatic rings. The maximum Gasteiger partial charge on any atom is 0.228 e. The molecule has 2 aromatic heterocycles. The number of fused-ring (bicyclic) bond motifs is 1. The number of benzene rings is 1. The minimum Gasteiger partial charge on any atom is -0.342 e. The van der Waals surface area contributed by atoms with Gasteiger partial charge in [-0.15, -0.1) is 0 Å². The first kappa shape index (κ1) is 21.0. The fraction of sp³-hybridized carbons (Fsp3) is 0.440. The Hall–Kier alpha value is -2.90. The zero-order valence-corrected chi connectivity index (χ0v) is 18.7. The van der Waals surface area contributed by atoms with Crippen LogP contribution in [0.3, 0.4) is 0 Å². The van der Waals surface area contributed by atoms with Crippen molar-refractivity contribution in [3.8, 4) is 11.3 Å². The fourth-order valence-corrected chi connectivity index (χ4v) is 4.82. The van der Waals surface area contributed by atoms with E-state index >= 15 is 0 Å². The molecule has 0 unspecified atom stereocenters. The number of likely N-dealkylation sites (tertiary alicyclic amines) is 1. The molecule has 2 fully saturated rings. The number of carbonyl (C=O) groups excluding carboxylic acids is 1. The molecular weight excluding hydrogens is 400 g/mol. The summed E-state index contributed by atoms with van der Waals surface area (Å²) in [6.45, 7) is 6.27. The van der Waals surface area contributed by atoms with Crippen molar-refractivity contribution in [1.82, 2.24) is 29.7 Å². The van der Waals surface area contributed by atoms with Crippen molar-refractivity contribution in [1.29, 1.82) is 0 Å². The molecular formula is C25H30N6O. The van der Waals surface area contributed by atoms with E-state index in [-0.39, 0.29) is 5.91 Å². The Kier molecular flexibility index (Phi) is 6.10. The van der Waals surface area contributed by atoms with Crippen molar-refractivity contribution in [2.45, 2.75) is 25.3 Å². The maximum absolute atomic E-state index is 13.0. The van der Waals surface area contributed by atoms with E-state index in [9.17, 15) is 4.79 Å². The van der Waals surface area contributed by atoms with E-state index in [2.05, 4.69) is 37.9 Å². The van der Waals surface area contributed by atoms with E-state index < -0.39 is 0 Å². The molecule has 2 aliphatic rings. The molecule has 4 heterocycles.